The van der Waals surface area contributed by atoms with Crippen LogP contribution in [0.15, 0.2) is 0 Å². The van der Waals surface area contributed by atoms with Crippen LogP contribution in [-0.4, -0.2) is 25.5 Å². The summed E-state index contributed by atoms with van der Waals surface area (Å²) < 4.78 is 24.3. The van der Waals surface area contributed by atoms with Gasteiger partial charge in [-0.3, -0.25) is 0 Å². The molecule has 1 rings (SSSR count). The molecule has 0 aromatic heterocycles. The Hall–Kier alpha value is -0.0900. The van der Waals surface area contributed by atoms with Crippen LogP contribution in [0.4, 0.5) is 0 Å². The molecule has 0 radical (unpaired) electrons. The van der Waals surface area contributed by atoms with E-state index >= 15 is 0 Å². The lowest BCUT2D eigenvalue weighted by molar-refractivity contribution is 0.521. The molecule has 14 heavy (non-hydrogen) atoms. The molecule has 1 saturated carbocycles. The summed E-state index contributed by atoms with van der Waals surface area (Å²) in [5.41, 5.74) is 5.55. The lowest BCUT2D eigenvalue weighted by Crippen LogP contribution is -2.39. The van der Waals surface area contributed by atoms with Gasteiger partial charge in [-0.05, 0) is 18.8 Å². The highest BCUT2D eigenvalue weighted by molar-refractivity contribution is 7.92. The van der Waals surface area contributed by atoms with E-state index in [9.17, 15) is 8.42 Å². The number of rotatable bonds is 4. The molecule has 0 spiro atoms. The second kappa shape index (κ2) is 4.62. The van der Waals surface area contributed by atoms with E-state index < -0.39 is 9.84 Å². The third-order valence-corrected chi connectivity index (χ3v) is 6.15. The molecule has 0 aromatic rings. The monoisotopic (exact) mass is 219 g/mol. The minimum absolute atomic E-state index is 0.113. The van der Waals surface area contributed by atoms with Gasteiger partial charge in [0.25, 0.3) is 0 Å². The van der Waals surface area contributed by atoms with Gasteiger partial charge in [-0.1, -0.05) is 26.7 Å². The standard InChI is InChI=1S/C10H21NO2S/c1-8(2)10(7-11)14(12,13)9-5-3-4-6-9/h8-10H,3-7,11H2,1-2H3. The molecule has 1 unspecified atom stereocenters. The summed E-state index contributed by atoms with van der Waals surface area (Å²) in [6, 6.07) is 0. The van der Waals surface area contributed by atoms with Crippen molar-refractivity contribution < 1.29 is 8.42 Å². The van der Waals surface area contributed by atoms with Crippen molar-refractivity contribution in [1.29, 1.82) is 0 Å². The van der Waals surface area contributed by atoms with Gasteiger partial charge in [0.05, 0.1) is 10.5 Å². The van der Waals surface area contributed by atoms with Crippen LogP contribution in [0.25, 0.3) is 0 Å². The Kier molecular flexibility index (Phi) is 3.95. The molecule has 4 heteroatoms. The van der Waals surface area contributed by atoms with Crippen molar-refractivity contribution >= 4 is 9.84 Å². The number of hydrogen-bond acceptors (Lipinski definition) is 3. The Bertz CT molecular complexity index is 266. The molecule has 0 bridgehead atoms. The van der Waals surface area contributed by atoms with Gasteiger partial charge in [-0.2, -0.15) is 0 Å². The Labute approximate surface area is 87.0 Å². The smallest absolute Gasteiger partial charge is 0.157 e. The molecule has 1 fully saturated rings. The van der Waals surface area contributed by atoms with E-state index in [1.54, 1.807) is 0 Å². The van der Waals surface area contributed by atoms with Crippen LogP contribution < -0.4 is 5.73 Å². The van der Waals surface area contributed by atoms with Crippen LogP contribution in [0, 0.1) is 5.92 Å². The van der Waals surface area contributed by atoms with Crippen LogP contribution in [-0.2, 0) is 9.84 Å². The molecular weight excluding hydrogens is 198 g/mol. The topological polar surface area (TPSA) is 60.2 Å². The van der Waals surface area contributed by atoms with E-state index in [4.69, 9.17) is 5.73 Å². The highest BCUT2D eigenvalue weighted by Gasteiger charge is 2.36. The highest BCUT2D eigenvalue weighted by Crippen LogP contribution is 2.29. The van der Waals surface area contributed by atoms with Crippen molar-refractivity contribution in [3.63, 3.8) is 0 Å². The maximum Gasteiger partial charge on any atom is 0.157 e. The number of hydrogen-bond donors (Lipinski definition) is 1. The van der Waals surface area contributed by atoms with Gasteiger partial charge < -0.3 is 5.73 Å². The average molecular weight is 219 g/mol. The number of nitrogens with two attached hydrogens (primary N) is 1. The second-order valence-electron chi connectivity index (χ2n) is 4.51. The summed E-state index contributed by atoms with van der Waals surface area (Å²) in [5.74, 6) is 0.130. The summed E-state index contributed by atoms with van der Waals surface area (Å²) in [5, 5.41) is -0.455. The van der Waals surface area contributed by atoms with Crippen LogP contribution in [0.5, 0.6) is 0 Å². The molecular formula is C10H21NO2S. The first-order valence-corrected chi connectivity index (χ1v) is 7.04. The second-order valence-corrected chi connectivity index (χ2v) is 6.96. The van der Waals surface area contributed by atoms with Crippen molar-refractivity contribution in [2.45, 2.75) is 50.0 Å². The van der Waals surface area contributed by atoms with E-state index in [0.717, 1.165) is 25.7 Å². The summed E-state index contributed by atoms with van der Waals surface area (Å²) >= 11 is 0. The van der Waals surface area contributed by atoms with Crippen LogP contribution in [0.2, 0.25) is 0 Å². The molecule has 0 heterocycles. The van der Waals surface area contributed by atoms with Crippen LogP contribution in [0.1, 0.15) is 39.5 Å². The molecule has 1 aliphatic rings. The van der Waals surface area contributed by atoms with E-state index in [1.165, 1.54) is 0 Å². The fourth-order valence-electron chi connectivity index (χ4n) is 2.25. The van der Waals surface area contributed by atoms with E-state index in [1.807, 2.05) is 13.8 Å². The molecule has 3 nitrogen and oxygen atoms in total. The molecule has 1 aliphatic carbocycles. The van der Waals surface area contributed by atoms with Gasteiger partial charge in [0.1, 0.15) is 0 Å². The van der Waals surface area contributed by atoms with Crippen molar-refractivity contribution in [1.82, 2.24) is 0 Å². The Morgan fingerprint density at radius 2 is 1.79 bits per heavy atom. The summed E-state index contributed by atoms with van der Waals surface area (Å²) in [4.78, 5) is 0. The quantitative estimate of drug-likeness (QED) is 0.776. The maximum absolute atomic E-state index is 12.1. The SMILES string of the molecule is CC(C)C(CN)S(=O)(=O)C1CCCC1. The molecule has 1 atom stereocenters. The van der Waals surface area contributed by atoms with Crippen molar-refractivity contribution in [2.24, 2.45) is 11.7 Å². The van der Waals surface area contributed by atoms with Gasteiger partial charge in [-0.25, -0.2) is 8.42 Å². The van der Waals surface area contributed by atoms with E-state index in [-0.39, 0.29) is 23.0 Å². The fourth-order valence-corrected chi connectivity index (χ4v) is 4.76. The van der Waals surface area contributed by atoms with E-state index in [2.05, 4.69) is 0 Å². The molecule has 84 valence electrons. The summed E-state index contributed by atoms with van der Waals surface area (Å²) in [6.07, 6.45) is 3.79. The zero-order chi connectivity index (χ0) is 10.8. The molecule has 0 saturated heterocycles. The third-order valence-electron chi connectivity index (χ3n) is 3.16. The van der Waals surface area contributed by atoms with Crippen LogP contribution >= 0.6 is 0 Å². The Morgan fingerprint density at radius 1 is 1.29 bits per heavy atom. The first kappa shape index (κ1) is 12.0. The van der Waals surface area contributed by atoms with Crippen molar-refractivity contribution in [2.75, 3.05) is 6.54 Å². The zero-order valence-corrected chi connectivity index (χ0v) is 9.89. The largest absolute Gasteiger partial charge is 0.329 e. The molecule has 0 aromatic carbocycles. The zero-order valence-electron chi connectivity index (χ0n) is 9.07. The fraction of sp³-hybridized carbons (Fsp3) is 1.00. The van der Waals surface area contributed by atoms with Gasteiger partial charge >= 0.3 is 0 Å². The number of sulfone groups is 1. The molecule has 0 amide bonds. The van der Waals surface area contributed by atoms with Gasteiger partial charge in [0, 0.05) is 6.54 Å². The van der Waals surface area contributed by atoms with Crippen molar-refractivity contribution in [3.8, 4) is 0 Å². The molecule has 2 N–H and O–H groups in total. The minimum Gasteiger partial charge on any atom is -0.329 e. The maximum atomic E-state index is 12.1. The summed E-state index contributed by atoms with van der Waals surface area (Å²) in [6.45, 7) is 4.13. The van der Waals surface area contributed by atoms with Gasteiger partial charge in [0.15, 0.2) is 9.84 Å². The predicted molar refractivity (Wildman–Crippen MR) is 58.9 cm³/mol. The van der Waals surface area contributed by atoms with Crippen molar-refractivity contribution in [3.05, 3.63) is 0 Å². The van der Waals surface area contributed by atoms with Gasteiger partial charge in [-0.15, -0.1) is 0 Å². The lowest BCUT2D eigenvalue weighted by Gasteiger charge is -2.23. The third kappa shape index (κ3) is 2.28. The highest BCUT2D eigenvalue weighted by atomic mass is 32.2. The predicted octanol–water partition coefficient (Wildman–Crippen LogP) is 1.33. The Balaban J connectivity index is 2.81. The average Bonchev–Trinajstić information content (AvgIpc) is 2.55. The normalized spacial score (nSPS) is 21.7. The lowest BCUT2D eigenvalue weighted by atomic mass is 10.1. The van der Waals surface area contributed by atoms with Crippen LogP contribution in [0.3, 0.4) is 0 Å². The Morgan fingerprint density at radius 3 is 2.14 bits per heavy atom. The van der Waals surface area contributed by atoms with Gasteiger partial charge in [0.2, 0.25) is 0 Å². The minimum atomic E-state index is -2.98. The van der Waals surface area contributed by atoms with E-state index in [0.29, 0.717) is 0 Å². The first-order chi connectivity index (χ1) is 6.50. The molecule has 0 aliphatic heterocycles. The summed E-state index contributed by atoms with van der Waals surface area (Å²) in [7, 11) is -2.98. The first-order valence-electron chi connectivity index (χ1n) is 5.43.